The van der Waals surface area contributed by atoms with Gasteiger partial charge in [-0.15, -0.1) is 0 Å². The molecule has 32 heavy (non-hydrogen) atoms. The van der Waals surface area contributed by atoms with Crippen LogP contribution in [0.5, 0.6) is 0 Å². The number of carbonyl (C=O) groups is 1. The molecule has 0 fully saturated rings. The normalized spacial score (nSPS) is 17.3. The van der Waals surface area contributed by atoms with Crippen molar-refractivity contribution >= 4 is 40.0 Å². The highest BCUT2D eigenvalue weighted by Crippen LogP contribution is 2.35. The summed E-state index contributed by atoms with van der Waals surface area (Å²) < 4.78 is 4.37. The van der Waals surface area contributed by atoms with Crippen molar-refractivity contribution in [1.82, 2.24) is 14.1 Å². The highest BCUT2D eigenvalue weighted by atomic mass is 32.1. The number of fused-ring (bicyclic) bond motifs is 3. The molecule has 1 aliphatic carbocycles. The molecular formula is C25H24N4O2S. The number of oxime groups is 1. The molecule has 0 spiro atoms. The van der Waals surface area contributed by atoms with Crippen LogP contribution in [0.25, 0.3) is 17.0 Å². The number of para-hydroxylation sites is 1. The maximum atomic E-state index is 12.4. The maximum Gasteiger partial charge on any atom is 0.358 e. The quantitative estimate of drug-likeness (QED) is 0.248. The van der Waals surface area contributed by atoms with Gasteiger partial charge in [-0.1, -0.05) is 23.4 Å². The van der Waals surface area contributed by atoms with Crippen LogP contribution in [0.15, 0.2) is 64.7 Å². The predicted molar refractivity (Wildman–Crippen MR) is 128 cm³/mol. The highest BCUT2D eigenvalue weighted by molar-refractivity contribution is 7.08. The number of rotatable bonds is 5. The molecule has 0 aliphatic heterocycles. The lowest BCUT2D eigenvalue weighted by atomic mass is 9.84. The third kappa shape index (κ3) is 3.80. The van der Waals surface area contributed by atoms with Gasteiger partial charge in [-0.25, -0.2) is 9.78 Å². The summed E-state index contributed by atoms with van der Waals surface area (Å²) in [6, 6.07) is 10.3. The Balaban J connectivity index is 1.52. The second kappa shape index (κ2) is 8.59. The second-order valence-corrected chi connectivity index (χ2v) is 8.82. The summed E-state index contributed by atoms with van der Waals surface area (Å²) in [6.45, 7) is 2.74. The number of hydrogen-bond acceptors (Lipinski definition) is 5. The Morgan fingerprint density at radius 1 is 1.34 bits per heavy atom. The number of hydrogen-bond donors (Lipinski definition) is 0. The molecule has 0 bridgehead atoms. The molecule has 0 saturated heterocycles. The molecule has 5 rings (SSSR count). The van der Waals surface area contributed by atoms with Crippen molar-refractivity contribution in [2.75, 3.05) is 0 Å². The van der Waals surface area contributed by atoms with Gasteiger partial charge in [-0.05, 0) is 54.3 Å². The molecule has 0 radical (unpaired) electrons. The zero-order valence-corrected chi connectivity index (χ0v) is 18.9. The summed E-state index contributed by atoms with van der Waals surface area (Å²) in [5.41, 5.74) is 5.28. The van der Waals surface area contributed by atoms with E-state index in [1.165, 1.54) is 11.8 Å². The van der Waals surface area contributed by atoms with Crippen LogP contribution >= 0.6 is 11.3 Å². The van der Waals surface area contributed by atoms with Gasteiger partial charge in [0.25, 0.3) is 0 Å². The number of imidazole rings is 1. The van der Waals surface area contributed by atoms with Gasteiger partial charge in [0.2, 0.25) is 0 Å². The monoisotopic (exact) mass is 444 g/mol. The van der Waals surface area contributed by atoms with Crippen molar-refractivity contribution in [3.05, 3.63) is 82.2 Å². The van der Waals surface area contributed by atoms with Gasteiger partial charge < -0.3 is 14.0 Å². The van der Waals surface area contributed by atoms with Gasteiger partial charge in [-0.2, -0.15) is 11.3 Å². The lowest BCUT2D eigenvalue weighted by Gasteiger charge is -2.25. The number of nitrogens with zero attached hydrogens (tertiary/aromatic N) is 4. The average Bonchev–Trinajstić information content (AvgIpc) is 3.53. The Hall–Kier alpha value is -3.45. The Morgan fingerprint density at radius 2 is 2.22 bits per heavy atom. The van der Waals surface area contributed by atoms with Crippen molar-refractivity contribution in [3.63, 3.8) is 0 Å². The molecule has 0 N–H and O–H groups in total. The first kappa shape index (κ1) is 20.5. The molecule has 0 saturated carbocycles. The van der Waals surface area contributed by atoms with Crippen LogP contribution in [-0.4, -0.2) is 25.8 Å². The summed E-state index contributed by atoms with van der Waals surface area (Å²) in [4.78, 5) is 22.2. The van der Waals surface area contributed by atoms with Crippen LogP contribution in [-0.2, 0) is 29.6 Å². The fourth-order valence-corrected chi connectivity index (χ4v) is 5.10. The number of aromatic nitrogens is 3. The first-order chi connectivity index (χ1) is 15.6. The minimum atomic E-state index is -0.478. The van der Waals surface area contributed by atoms with Crippen LogP contribution < -0.4 is 0 Å². The van der Waals surface area contributed by atoms with E-state index in [2.05, 4.69) is 38.5 Å². The third-order valence-corrected chi connectivity index (χ3v) is 6.83. The Kier molecular flexibility index (Phi) is 5.49. The summed E-state index contributed by atoms with van der Waals surface area (Å²) in [5.74, 6) is 0.604. The van der Waals surface area contributed by atoms with Crippen LogP contribution in [0, 0.1) is 12.8 Å². The van der Waals surface area contributed by atoms with E-state index in [1.807, 2.05) is 48.3 Å². The van der Waals surface area contributed by atoms with E-state index in [0.717, 1.165) is 53.0 Å². The van der Waals surface area contributed by atoms with Gasteiger partial charge in [0.05, 0.1) is 5.71 Å². The molecule has 7 heteroatoms. The smallest absolute Gasteiger partial charge is 0.347 e. The predicted octanol–water partition coefficient (Wildman–Crippen LogP) is 4.97. The fourth-order valence-electron chi connectivity index (χ4n) is 4.47. The largest absolute Gasteiger partial charge is 0.358 e. The van der Waals surface area contributed by atoms with Crippen molar-refractivity contribution in [1.29, 1.82) is 0 Å². The maximum absolute atomic E-state index is 12.4. The number of carbonyl (C=O) groups excluding carboxylic acids is 1. The molecular weight excluding hydrogens is 420 g/mol. The van der Waals surface area contributed by atoms with Crippen LogP contribution in [0.1, 0.15) is 29.1 Å². The van der Waals surface area contributed by atoms with E-state index in [1.54, 1.807) is 17.4 Å². The zero-order chi connectivity index (χ0) is 22.1. The Labute approximate surface area is 190 Å². The second-order valence-electron chi connectivity index (χ2n) is 8.04. The Bertz CT molecular complexity index is 1330. The molecule has 3 aromatic heterocycles. The molecule has 1 atom stereocenters. The van der Waals surface area contributed by atoms with Crippen LogP contribution in [0.4, 0.5) is 0 Å². The van der Waals surface area contributed by atoms with E-state index in [-0.39, 0.29) is 5.92 Å². The number of thiophene rings is 1. The zero-order valence-electron chi connectivity index (χ0n) is 18.1. The molecule has 1 unspecified atom stereocenters. The summed E-state index contributed by atoms with van der Waals surface area (Å²) in [6.07, 6.45) is 8.85. The molecule has 1 aromatic carbocycles. The van der Waals surface area contributed by atoms with E-state index in [0.29, 0.717) is 0 Å². The molecule has 1 aliphatic rings. The molecule has 3 heterocycles. The van der Waals surface area contributed by atoms with E-state index >= 15 is 0 Å². The van der Waals surface area contributed by atoms with Crippen LogP contribution in [0.3, 0.4) is 0 Å². The lowest BCUT2D eigenvalue weighted by Crippen LogP contribution is -2.28. The standard InChI is InChI=1S/C25H24N4O2S/c1-17-26-12-13-29(17)15-19-8-9-22-24(20-5-3-4-6-21(20)28(22)2)25(19)27-31-23(30)10-7-18-11-14-32-16-18/h3-7,10-14,16,19H,8-9,15H2,1-2H3/b10-7?,27-25+. The van der Waals surface area contributed by atoms with Crippen molar-refractivity contribution in [3.8, 4) is 0 Å². The summed E-state index contributed by atoms with van der Waals surface area (Å²) in [5, 5.41) is 9.54. The molecule has 162 valence electrons. The first-order valence-electron chi connectivity index (χ1n) is 10.7. The molecule has 0 amide bonds. The van der Waals surface area contributed by atoms with E-state index in [9.17, 15) is 4.79 Å². The summed E-state index contributed by atoms with van der Waals surface area (Å²) in [7, 11) is 2.09. The first-order valence-corrected chi connectivity index (χ1v) is 11.6. The summed E-state index contributed by atoms with van der Waals surface area (Å²) >= 11 is 1.59. The Morgan fingerprint density at radius 3 is 3.00 bits per heavy atom. The van der Waals surface area contributed by atoms with Crippen molar-refractivity contribution in [2.24, 2.45) is 18.1 Å². The molecule has 4 aromatic rings. The van der Waals surface area contributed by atoms with E-state index in [4.69, 9.17) is 4.84 Å². The van der Waals surface area contributed by atoms with Gasteiger partial charge >= 0.3 is 5.97 Å². The van der Waals surface area contributed by atoms with Gasteiger partial charge in [0.1, 0.15) is 5.82 Å². The SMILES string of the molecule is Cc1nccn1CC1CCc2c(c3ccccc3n2C)/C1=N/OC(=O)C=Cc1ccsc1. The lowest BCUT2D eigenvalue weighted by molar-refractivity contribution is -0.137. The average molecular weight is 445 g/mol. The third-order valence-electron chi connectivity index (χ3n) is 6.13. The topological polar surface area (TPSA) is 61.4 Å². The van der Waals surface area contributed by atoms with Crippen molar-refractivity contribution < 1.29 is 9.63 Å². The van der Waals surface area contributed by atoms with Crippen LogP contribution in [0.2, 0.25) is 0 Å². The fraction of sp³-hybridized carbons (Fsp3) is 0.240. The number of benzene rings is 1. The van der Waals surface area contributed by atoms with Gasteiger partial charge in [-0.3, -0.25) is 0 Å². The minimum Gasteiger partial charge on any atom is -0.347 e. The van der Waals surface area contributed by atoms with Gasteiger partial charge in [0.15, 0.2) is 0 Å². The number of aryl methyl sites for hydroxylation is 2. The minimum absolute atomic E-state index is 0.120. The van der Waals surface area contributed by atoms with E-state index < -0.39 is 5.97 Å². The molecule has 6 nitrogen and oxygen atoms in total. The van der Waals surface area contributed by atoms with Crippen molar-refractivity contribution in [2.45, 2.75) is 26.3 Å². The van der Waals surface area contributed by atoms with Gasteiger partial charge in [0, 0.05) is 60.1 Å². The highest BCUT2D eigenvalue weighted by Gasteiger charge is 2.31.